The molecule has 0 fully saturated rings. The highest BCUT2D eigenvalue weighted by Crippen LogP contribution is 2.38. The first-order valence-electron chi connectivity index (χ1n) is 7.98. The van der Waals surface area contributed by atoms with Gasteiger partial charge in [0.2, 0.25) is 5.91 Å². The third kappa shape index (κ3) is 3.42. The maximum absolute atomic E-state index is 12.3. The molecule has 0 saturated carbocycles. The van der Waals surface area contributed by atoms with Crippen LogP contribution in [0.4, 0.5) is 5.69 Å². The number of aromatic nitrogens is 1. The molecule has 1 atom stereocenters. The molecule has 1 aliphatic heterocycles. The quantitative estimate of drug-likeness (QED) is 0.913. The van der Waals surface area contributed by atoms with Crippen LogP contribution >= 0.6 is 0 Å². The molecule has 1 aromatic carbocycles. The van der Waals surface area contributed by atoms with Gasteiger partial charge in [0.05, 0.1) is 12.3 Å². The van der Waals surface area contributed by atoms with E-state index in [0.717, 1.165) is 17.7 Å². The second-order valence-electron chi connectivity index (χ2n) is 5.74. The minimum absolute atomic E-state index is 0.0560. The lowest BCUT2D eigenvalue weighted by Crippen LogP contribution is -2.26. The van der Waals surface area contributed by atoms with Crippen LogP contribution in [0.1, 0.15) is 19.4 Å². The number of rotatable bonds is 5. The number of carbonyl (C=O) groups is 1. The van der Waals surface area contributed by atoms with Crippen molar-refractivity contribution in [1.29, 1.82) is 0 Å². The third-order valence-electron chi connectivity index (χ3n) is 3.79. The predicted octanol–water partition coefficient (Wildman–Crippen LogP) is 2.21. The monoisotopic (exact) mass is 328 g/mol. The van der Waals surface area contributed by atoms with E-state index in [2.05, 4.69) is 5.32 Å². The topological polar surface area (TPSA) is 69.6 Å². The van der Waals surface area contributed by atoms with Crippen molar-refractivity contribution in [2.45, 2.75) is 32.9 Å². The van der Waals surface area contributed by atoms with Crippen molar-refractivity contribution in [3.63, 3.8) is 0 Å². The SMILES string of the molecule is CCOc1cc2c(cc1NC(=O)Cn1ccccc1=O)O[C@H](C)C2. The molecular formula is C18H20N2O4. The summed E-state index contributed by atoms with van der Waals surface area (Å²) < 4.78 is 12.7. The van der Waals surface area contributed by atoms with Crippen molar-refractivity contribution in [2.75, 3.05) is 11.9 Å². The molecule has 126 valence electrons. The summed E-state index contributed by atoms with van der Waals surface area (Å²) in [5.74, 6) is 1.08. The van der Waals surface area contributed by atoms with Gasteiger partial charge in [0, 0.05) is 30.3 Å². The Morgan fingerprint density at radius 3 is 3.00 bits per heavy atom. The molecule has 6 nitrogen and oxygen atoms in total. The summed E-state index contributed by atoms with van der Waals surface area (Å²) in [6.07, 6.45) is 2.52. The van der Waals surface area contributed by atoms with Gasteiger partial charge in [-0.25, -0.2) is 0 Å². The van der Waals surface area contributed by atoms with E-state index < -0.39 is 0 Å². The highest BCUT2D eigenvalue weighted by molar-refractivity contribution is 5.92. The Bertz CT molecular complexity index is 813. The molecule has 2 heterocycles. The van der Waals surface area contributed by atoms with Crippen molar-refractivity contribution in [2.24, 2.45) is 0 Å². The molecule has 3 rings (SSSR count). The van der Waals surface area contributed by atoms with E-state index in [4.69, 9.17) is 9.47 Å². The van der Waals surface area contributed by atoms with Crippen molar-refractivity contribution < 1.29 is 14.3 Å². The zero-order chi connectivity index (χ0) is 17.1. The van der Waals surface area contributed by atoms with Crippen LogP contribution in [0.3, 0.4) is 0 Å². The van der Waals surface area contributed by atoms with E-state index in [1.54, 1.807) is 24.4 Å². The van der Waals surface area contributed by atoms with E-state index in [1.807, 2.05) is 19.9 Å². The van der Waals surface area contributed by atoms with Crippen LogP contribution in [-0.4, -0.2) is 23.2 Å². The van der Waals surface area contributed by atoms with E-state index >= 15 is 0 Å². The van der Waals surface area contributed by atoms with Crippen molar-refractivity contribution in [1.82, 2.24) is 4.57 Å². The second kappa shape index (κ2) is 6.78. The molecular weight excluding hydrogens is 308 g/mol. The summed E-state index contributed by atoms with van der Waals surface area (Å²) in [5.41, 5.74) is 1.41. The molecule has 0 saturated heterocycles. The first-order chi connectivity index (χ1) is 11.6. The average molecular weight is 328 g/mol. The molecule has 0 aliphatic carbocycles. The Hall–Kier alpha value is -2.76. The van der Waals surface area contributed by atoms with Crippen LogP contribution in [0.25, 0.3) is 0 Å². The number of hydrogen-bond donors (Lipinski definition) is 1. The molecule has 6 heteroatoms. The highest BCUT2D eigenvalue weighted by Gasteiger charge is 2.22. The molecule has 24 heavy (non-hydrogen) atoms. The number of hydrogen-bond acceptors (Lipinski definition) is 4. The number of nitrogens with one attached hydrogen (secondary N) is 1. The summed E-state index contributed by atoms with van der Waals surface area (Å²) in [6, 6.07) is 8.47. The van der Waals surface area contributed by atoms with Crippen LogP contribution < -0.4 is 20.3 Å². The summed E-state index contributed by atoms with van der Waals surface area (Å²) in [6.45, 7) is 4.33. The van der Waals surface area contributed by atoms with Crippen LogP contribution in [0.5, 0.6) is 11.5 Å². The van der Waals surface area contributed by atoms with E-state index in [1.165, 1.54) is 10.6 Å². The maximum Gasteiger partial charge on any atom is 0.250 e. The zero-order valence-corrected chi connectivity index (χ0v) is 13.7. The third-order valence-corrected chi connectivity index (χ3v) is 3.79. The first kappa shape index (κ1) is 16.1. The largest absolute Gasteiger partial charge is 0.492 e. The molecule has 2 aromatic rings. The molecule has 0 spiro atoms. The van der Waals surface area contributed by atoms with Crippen molar-refractivity contribution in [3.05, 3.63) is 52.4 Å². The Balaban J connectivity index is 1.81. The summed E-state index contributed by atoms with van der Waals surface area (Å²) in [4.78, 5) is 24.0. The molecule has 1 aromatic heterocycles. The fraction of sp³-hybridized carbons (Fsp3) is 0.333. The van der Waals surface area contributed by atoms with Gasteiger partial charge in [-0.1, -0.05) is 6.07 Å². The van der Waals surface area contributed by atoms with Gasteiger partial charge in [-0.3, -0.25) is 9.59 Å². The van der Waals surface area contributed by atoms with Gasteiger partial charge in [-0.15, -0.1) is 0 Å². The summed E-state index contributed by atoms with van der Waals surface area (Å²) in [5, 5.41) is 2.81. The molecule has 0 unspecified atom stereocenters. The molecule has 1 amide bonds. The number of nitrogens with zero attached hydrogens (tertiary/aromatic N) is 1. The van der Waals surface area contributed by atoms with Crippen molar-refractivity contribution in [3.8, 4) is 11.5 Å². The molecule has 0 radical (unpaired) electrons. The van der Waals surface area contributed by atoms with Crippen LogP contribution in [0, 0.1) is 0 Å². The fourth-order valence-electron chi connectivity index (χ4n) is 2.75. The predicted molar refractivity (Wildman–Crippen MR) is 90.7 cm³/mol. The number of benzene rings is 1. The zero-order valence-electron chi connectivity index (χ0n) is 13.7. The Morgan fingerprint density at radius 1 is 1.42 bits per heavy atom. The van der Waals surface area contributed by atoms with Crippen LogP contribution in [0.15, 0.2) is 41.3 Å². The van der Waals surface area contributed by atoms with Crippen LogP contribution in [0.2, 0.25) is 0 Å². The lowest BCUT2D eigenvalue weighted by atomic mass is 10.1. The molecule has 1 N–H and O–H groups in total. The maximum atomic E-state index is 12.3. The number of anilines is 1. The minimum atomic E-state index is -0.296. The van der Waals surface area contributed by atoms with Gasteiger partial charge in [0.25, 0.3) is 5.56 Å². The minimum Gasteiger partial charge on any atom is -0.492 e. The lowest BCUT2D eigenvalue weighted by molar-refractivity contribution is -0.116. The fourth-order valence-corrected chi connectivity index (χ4v) is 2.75. The number of ether oxygens (including phenoxy) is 2. The average Bonchev–Trinajstić information content (AvgIpc) is 2.89. The second-order valence-corrected chi connectivity index (χ2v) is 5.74. The molecule has 0 bridgehead atoms. The number of amides is 1. The lowest BCUT2D eigenvalue weighted by Gasteiger charge is -2.14. The van der Waals surface area contributed by atoms with Gasteiger partial charge >= 0.3 is 0 Å². The number of fused-ring (bicyclic) bond motifs is 1. The Labute approximate surface area is 140 Å². The number of carbonyl (C=O) groups excluding carboxylic acids is 1. The highest BCUT2D eigenvalue weighted by atomic mass is 16.5. The normalized spacial score (nSPS) is 15.5. The van der Waals surface area contributed by atoms with E-state index in [0.29, 0.717) is 18.0 Å². The Morgan fingerprint density at radius 2 is 2.25 bits per heavy atom. The van der Waals surface area contributed by atoms with E-state index in [-0.39, 0.29) is 24.1 Å². The first-order valence-corrected chi connectivity index (χ1v) is 7.98. The summed E-state index contributed by atoms with van der Waals surface area (Å²) in [7, 11) is 0. The smallest absolute Gasteiger partial charge is 0.250 e. The van der Waals surface area contributed by atoms with Gasteiger partial charge in [-0.05, 0) is 26.0 Å². The van der Waals surface area contributed by atoms with Crippen molar-refractivity contribution >= 4 is 11.6 Å². The van der Waals surface area contributed by atoms with Gasteiger partial charge in [-0.2, -0.15) is 0 Å². The van der Waals surface area contributed by atoms with Crippen LogP contribution in [-0.2, 0) is 17.8 Å². The van der Waals surface area contributed by atoms with Gasteiger partial charge < -0.3 is 19.4 Å². The summed E-state index contributed by atoms with van der Waals surface area (Å²) >= 11 is 0. The molecule has 1 aliphatic rings. The van der Waals surface area contributed by atoms with E-state index in [9.17, 15) is 9.59 Å². The standard InChI is InChI=1S/C18H20N2O4/c1-3-23-16-9-13-8-12(2)24-15(13)10-14(16)19-17(21)11-20-7-5-4-6-18(20)22/h4-7,9-10,12H,3,8,11H2,1-2H3,(H,19,21)/t12-/m1/s1. The Kier molecular flexibility index (Phi) is 4.55. The van der Waals surface area contributed by atoms with Gasteiger partial charge in [0.1, 0.15) is 24.1 Å². The van der Waals surface area contributed by atoms with Gasteiger partial charge in [0.15, 0.2) is 0 Å². The number of pyridine rings is 1.